The molecule has 2 unspecified atom stereocenters. The molecule has 63 heavy (non-hydrogen) atoms. The summed E-state index contributed by atoms with van der Waals surface area (Å²) in [6.07, 6.45) is 10.8. The number of fused-ring (bicyclic) bond motifs is 7. The summed E-state index contributed by atoms with van der Waals surface area (Å²) in [6.45, 7) is 2.32. The summed E-state index contributed by atoms with van der Waals surface area (Å²) in [5.74, 6) is 3.38. The number of hydrogen-bond acceptors (Lipinski definition) is 7. The van der Waals surface area contributed by atoms with Gasteiger partial charge in [-0.1, -0.05) is 158 Å². The van der Waals surface area contributed by atoms with Crippen LogP contribution in [0.2, 0.25) is 0 Å². The highest BCUT2D eigenvalue weighted by Crippen LogP contribution is 2.62. The fourth-order valence-corrected chi connectivity index (χ4v) is 9.70. The van der Waals surface area contributed by atoms with Gasteiger partial charge in [0.1, 0.15) is 11.3 Å². The lowest BCUT2D eigenvalue weighted by Gasteiger charge is -2.44. The molecule has 0 fully saturated rings. The number of nitrogens with zero attached hydrogens (tertiary/aromatic N) is 6. The van der Waals surface area contributed by atoms with E-state index in [0.717, 1.165) is 91.3 Å². The summed E-state index contributed by atoms with van der Waals surface area (Å²) in [7, 11) is 0. The van der Waals surface area contributed by atoms with Crippen LogP contribution in [0, 0.1) is 0 Å². The number of rotatable bonds is 7. The van der Waals surface area contributed by atoms with Gasteiger partial charge in [0.15, 0.2) is 23.3 Å². The van der Waals surface area contributed by atoms with Crippen molar-refractivity contribution in [2.24, 2.45) is 0 Å². The van der Waals surface area contributed by atoms with Gasteiger partial charge >= 0.3 is 0 Å². The minimum Gasteiger partial charge on any atom is -0.460 e. The van der Waals surface area contributed by atoms with Crippen molar-refractivity contribution in [1.82, 2.24) is 24.9 Å². The first-order valence-corrected chi connectivity index (χ1v) is 21.5. The van der Waals surface area contributed by atoms with Crippen molar-refractivity contribution in [3.63, 3.8) is 0 Å². The molecule has 9 aromatic rings. The van der Waals surface area contributed by atoms with E-state index in [9.17, 15) is 0 Å². The van der Waals surface area contributed by atoms with Crippen LogP contribution in [0.3, 0.4) is 0 Å². The average molecular weight is 813 g/mol. The van der Waals surface area contributed by atoms with Gasteiger partial charge in [0.25, 0.3) is 0 Å². The molecule has 12 rings (SSSR count). The molecule has 7 heteroatoms. The Bertz CT molecular complexity index is 3240. The van der Waals surface area contributed by atoms with Gasteiger partial charge < -0.3 is 9.32 Å². The molecule has 2 aliphatic carbocycles. The number of para-hydroxylation sites is 2. The lowest BCUT2D eigenvalue weighted by molar-refractivity contribution is 0.447. The standard InChI is InChI=1S/C56H40N6O/c1-56-45(55-60-53(39-22-10-4-11-23-39)59-54(61-55)40-24-12-5-13-25-40)34-44-42-26-15-17-29-49(42)63-51(44)50(56)43-27-14-16-28-48(43)62(56)41-32-30-37(31-33-41)47-35-46(36-18-6-2-7-19-36)57-52(58-47)38-20-8-3-9-21-38/h2-4,6-12,14-35,50H,5,13H2,1H3. The van der Waals surface area contributed by atoms with Crippen LogP contribution < -0.4 is 4.90 Å². The van der Waals surface area contributed by atoms with Crippen molar-refractivity contribution in [2.45, 2.75) is 31.2 Å². The van der Waals surface area contributed by atoms with Gasteiger partial charge in [-0.2, -0.15) is 0 Å². The van der Waals surface area contributed by atoms with E-state index in [0.29, 0.717) is 23.3 Å². The average Bonchev–Trinajstić information content (AvgIpc) is 3.86. The second kappa shape index (κ2) is 14.9. The predicted octanol–water partition coefficient (Wildman–Crippen LogP) is 13.4. The molecule has 7 nitrogen and oxygen atoms in total. The topological polar surface area (TPSA) is 80.8 Å². The fraction of sp³-hybridized carbons (Fsp3) is 0.0893. The third-order valence-electron chi connectivity index (χ3n) is 12.7. The second-order valence-corrected chi connectivity index (χ2v) is 16.5. The molecule has 0 saturated heterocycles. The number of furan rings is 1. The monoisotopic (exact) mass is 812 g/mol. The number of hydrogen-bond donors (Lipinski definition) is 0. The third kappa shape index (κ3) is 6.15. The normalized spacial score (nSPS) is 17.5. The first kappa shape index (κ1) is 36.8. The van der Waals surface area contributed by atoms with Crippen molar-refractivity contribution in [1.29, 1.82) is 0 Å². The number of benzene rings is 6. The van der Waals surface area contributed by atoms with Gasteiger partial charge in [0, 0.05) is 55.7 Å². The van der Waals surface area contributed by atoms with Crippen LogP contribution in [0.1, 0.15) is 54.2 Å². The molecule has 0 N–H and O–H groups in total. The van der Waals surface area contributed by atoms with Crippen LogP contribution in [-0.2, 0) is 0 Å². The lowest BCUT2D eigenvalue weighted by atomic mass is 9.71. The zero-order chi connectivity index (χ0) is 41.9. The number of anilines is 2. The predicted molar refractivity (Wildman–Crippen MR) is 253 cm³/mol. The van der Waals surface area contributed by atoms with Crippen molar-refractivity contribution in [2.75, 3.05) is 4.90 Å². The SMILES string of the molecule is CC12C(c3nc(C4=CCCC=C4)nc(-c4ccccc4)n3)=Cc3c(oc4ccccc34)C1c1ccccc1N2c1ccc(-c2cc(-c3ccccc3)nc(-c3ccccc3)n2)cc1. The van der Waals surface area contributed by atoms with Gasteiger partial charge in [0.05, 0.1) is 22.8 Å². The molecule has 3 aromatic heterocycles. The molecule has 0 bridgehead atoms. The minimum atomic E-state index is -0.731. The Labute approximate surface area is 365 Å². The fourth-order valence-electron chi connectivity index (χ4n) is 9.70. The molecule has 6 aromatic carbocycles. The zero-order valence-corrected chi connectivity index (χ0v) is 34.6. The number of allylic oxidation sites excluding steroid dienone is 4. The van der Waals surface area contributed by atoms with Crippen LogP contribution in [0.15, 0.2) is 193 Å². The van der Waals surface area contributed by atoms with Gasteiger partial charge in [-0.15, -0.1) is 0 Å². The molecule has 4 heterocycles. The van der Waals surface area contributed by atoms with Gasteiger partial charge in [-0.25, -0.2) is 24.9 Å². The molecule has 300 valence electrons. The Balaban J connectivity index is 1.05. The maximum atomic E-state index is 6.92. The van der Waals surface area contributed by atoms with E-state index in [4.69, 9.17) is 29.3 Å². The summed E-state index contributed by atoms with van der Waals surface area (Å²) in [4.78, 5) is 28.5. The Morgan fingerprint density at radius 2 is 1.14 bits per heavy atom. The van der Waals surface area contributed by atoms with E-state index < -0.39 is 5.54 Å². The highest BCUT2D eigenvalue weighted by molar-refractivity contribution is 6.03. The van der Waals surface area contributed by atoms with E-state index >= 15 is 0 Å². The van der Waals surface area contributed by atoms with E-state index in [1.165, 1.54) is 5.56 Å². The molecular weight excluding hydrogens is 773 g/mol. The van der Waals surface area contributed by atoms with E-state index in [2.05, 4.69) is 145 Å². The zero-order valence-electron chi connectivity index (χ0n) is 34.6. The summed E-state index contributed by atoms with van der Waals surface area (Å²) in [6, 6.07) is 58.6. The second-order valence-electron chi connectivity index (χ2n) is 16.5. The van der Waals surface area contributed by atoms with Gasteiger partial charge in [0.2, 0.25) is 0 Å². The summed E-state index contributed by atoms with van der Waals surface area (Å²) >= 11 is 0. The first-order chi connectivity index (χ1) is 31.1. The highest BCUT2D eigenvalue weighted by Gasteiger charge is 2.57. The van der Waals surface area contributed by atoms with Crippen LogP contribution in [-0.4, -0.2) is 30.5 Å². The van der Waals surface area contributed by atoms with Crippen LogP contribution in [0.5, 0.6) is 0 Å². The Hall–Kier alpha value is -8.03. The quantitative estimate of drug-likeness (QED) is 0.158. The van der Waals surface area contributed by atoms with Crippen LogP contribution in [0.4, 0.5) is 11.4 Å². The summed E-state index contributed by atoms with van der Waals surface area (Å²) in [5.41, 5.74) is 12.2. The maximum absolute atomic E-state index is 6.92. The molecule has 0 amide bonds. The third-order valence-corrected chi connectivity index (χ3v) is 12.7. The van der Waals surface area contributed by atoms with E-state index in [-0.39, 0.29) is 5.92 Å². The van der Waals surface area contributed by atoms with E-state index in [1.807, 2.05) is 60.7 Å². The molecule has 1 aliphatic heterocycles. The van der Waals surface area contributed by atoms with Crippen LogP contribution >= 0.6 is 0 Å². The molecule has 0 radical (unpaired) electrons. The summed E-state index contributed by atoms with van der Waals surface area (Å²) < 4.78 is 6.92. The van der Waals surface area contributed by atoms with Gasteiger partial charge in [-0.3, -0.25) is 0 Å². The highest BCUT2D eigenvalue weighted by atomic mass is 16.3. The molecule has 0 spiro atoms. The maximum Gasteiger partial charge on any atom is 0.164 e. The first-order valence-electron chi connectivity index (χ1n) is 21.5. The molecular formula is C56H40N6O. The Morgan fingerprint density at radius 3 is 1.84 bits per heavy atom. The minimum absolute atomic E-state index is 0.186. The van der Waals surface area contributed by atoms with Crippen LogP contribution in [0.25, 0.3) is 73.5 Å². The summed E-state index contributed by atoms with van der Waals surface area (Å²) in [5, 5.41) is 1.07. The lowest BCUT2D eigenvalue weighted by Crippen LogP contribution is -2.46. The molecule has 2 atom stereocenters. The van der Waals surface area contributed by atoms with Gasteiger partial charge in [-0.05, 0) is 61.7 Å². The number of aromatic nitrogens is 5. The Morgan fingerprint density at radius 1 is 0.556 bits per heavy atom. The molecule has 3 aliphatic rings. The smallest absolute Gasteiger partial charge is 0.164 e. The molecule has 0 saturated carbocycles. The van der Waals surface area contributed by atoms with Crippen molar-refractivity contribution < 1.29 is 4.42 Å². The Kier molecular flexibility index (Phi) is 8.67. The van der Waals surface area contributed by atoms with Crippen molar-refractivity contribution in [3.05, 3.63) is 217 Å². The largest absolute Gasteiger partial charge is 0.460 e. The van der Waals surface area contributed by atoms with Crippen molar-refractivity contribution >= 4 is 39.6 Å². The van der Waals surface area contributed by atoms with E-state index in [1.54, 1.807) is 0 Å². The van der Waals surface area contributed by atoms with Crippen molar-refractivity contribution in [3.8, 4) is 45.3 Å².